The largest absolute Gasteiger partial charge is 0.493 e. The van der Waals surface area contributed by atoms with Crippen LogP contribution in [0.1, 0.15) is 34.9 Å². The molecule has 1 aromatic carbocycles. The first kappa shape index (κ1) is 15.1. The summed E-state index contributed by atoms with van der Waals surface area (Å²) in [6.07, 6.45) is -0.873. The van der Waals surface area contributed by atoms with Gasteiger partial charge in [-0.15, -0.1) is 0 Å². The summed E-state index contributed by atoms with van der Waals surface area (Å²) in [4.78, 5) is 12.1. The summed E-state index contributed by atoms with van der Waals surface area (Å²) in [5.74, 6) is 1.39. The number of aliphatic hydroxyl groups is 1. The fourth-order valence-electron chi connectivity index (χ4n) is 1.95. The topological polar surface area (TPSA) is 71.7 Å². The molecule has 5 heteroatoms. The third-order valence-electron chi connectivity index (χ3n) is 2.98. The average Bonchev–Trinajstić information content (AvgIpc) is 2.92. The van der Waals surface area contributed by atoms with Gasteiger partial charge in [0, 0.05) is 0 Å². The molecule has 0 aliphatic carbocycles. The first-order chi connectivity index (χ1) is 10.1. The molecule has 0 unspecified atom stereocenters. The van der Waals surface area contributed by atoms with Crippen LogP contribution in [-0.2, 0) is 0 Å². The lowest BCUT2D eigenvalue weighted by Gasteiger charge is -2.12. The van der Waals surface area contributed by atoms with Gasteiger partial charge in [0.15, 0.2) is 0 Å². The Morgan fingerprint density at radius 1 is 1.33 bits per heavy atom. The lowest BCUT2D eigenvalue weighted by atomic mass is 10.2. The van der Waals surface area contributed by atoms with E-state index in [9.17, 15) is 9.90 Å². The normalized spacial score (nSPS) is 12.0. The summed E-state index contributed by atoms with van der Waals surface area (Å²) in [5, 5.41) is 12.6. The van der Waals surface area contributed by atoms with Crippen molar-refractivity contribution in [2.24, 2.45) is 0 Å². The number of amides is 1. The van der Waals surface area contributed by atoms with E-state index in [-0.39, 0.29) is 12.5 Å². The zero-order valence-corrected chi connectivity index (χ0v) is 12.1. The minimum Gasteiger partial charge on any atom is -0.493 e. The molecule has 0 bridgehead atoms. The van der Waals surface area contributed by atoms with Crippen LogP contribution in [0.4, 0.5) is 0 Å². The van der Waals surface area contributed by atoms with Gasteiger partial charge in [0.05, 0.1) is 18.7 Å². The third-order valence-corrected chi connectivity index (χ3v) is 2.98. The van der Waals surface area contributed by atoms with Gasteiger partial charge in [0.2, 0.25) is 0 Å². The van der Waals surface area contributed by atoms with Gasteiger partial charge in [0.25, 0.3) is 5.91 Å². The van der Waals surface area contributed by atoms with Crippen molar-refractivity contribution in [2.45, 2.75) is 20.0 Å². The summed E-state index contributed by atoms with van der Waals surface area (Å²) >= 11 is 0. The number of carbonyl (C=O) groups excluding carboxylic acids is 1. The highest BCUT2D eigenvalue weighted by atomic mass is 16.5. The van der Waals surface area contributed by atoms with Gasteiger partial charge >= 0.3 is 0 Å². The van der Waals surface area contributed by atoms with E-state index in [0.29, 0.717) is 23.7 Å². The van der Waals surface area contributed by atoms with Gasteiger partial charge in [-0.25, -0.2) is 0 Å². The van der Waals surface area contributed by atoms with Gasteiger partial charge in [-0.1, -0.05) is 12.1 Å². The van der Waals surface area contributed by atoms with Crippen LogP contribution in [0.15, 0.2) is 40.8 Å². The Morgan fingerprint density at radius 3 is 2.76 bits per heavy atom. The molecule has 0 radical (unpaired) electrons. The number of carbonyl (C=O) groups is 1. The summed E-state index contributed by atoms with van der Waals surface area (Å²) in [5.41, 5.74) is 0.446. The molecule has 1 aromatic heterocycles. The summed E-state index contributed by atoms with van der Waals surface area (Å²) in [7, 11) is 0. The molecule has 1 heterocycles. The predicted octanol–water partition coefficient (Wildman–Crippen LogP) is 2.45. The SMILES string of the molecule is CCOc1ccccc1C(=O)NC[C@@H](O)c1ccc(C)o1. The van der Waals surface area contributed by atoms with E-state index in [1.165, 1.54) is 0 Å². The van der Waals surface area contributed by atoms with E-state index in [0.717, 1.165) is 5.76 Å². The molecule has 112 valence electrons. The monoisotopic (exact) mass is 289 g/mol. The minimum atomic E-state index is -0.873. The Bertz CT molecular complexity index is 606. The number of aryl methyl sites for hydroxylation is 1. The number of benzene rings is 1. The Balaban J connectivity index is 1.98. The number of hydrogen-bond acceptors (Lipinski definition) is 4. The number of ether oxygens (including phenoxy) is 1. The second-order valence-corrected chi connectivity index (χ2v) is 4.60. The van der Waals surface area contributed by atoms with Crippen LogP contribution in [0.25, 0.3) is 0 Å². The maximum atomic E-state index is 12.1. The standard InChI is InChI=1S/C16H19NO4/c1-3-20-14-7-5-4-6-12(14)16(19)17-10-13(18)15-9-8-11(2)21-15/h4-9,13,18H,3,10H2,1-2H3,(H,17,19)/t13-/m1/s1. The van der Waals surface area contributed by atoms with Crippen LogP contribution >= 0.6 is 0 Å². The Hall–Kier alpha value is -2.27. The molecule has 2 aromatic rings. The van der Waals surface area contributed by atoms with Crippen molar-refractivity contribution in [3.63, 3.8) is 0 Å². The van der Waals surface area contributed by atoms with Gasteiger partial charge in [0.1, 0.15) is 23.4 Å². The summed E-state index contributed by atoms with van der Waals surface area (Å²) < 4.78 is 10.7. The number of furan rings is 1. The van der Waals surface area contributed by atoms with Gasteiger partial charge in [-0.2, -0.15) is 0 Å². The molecule has 2 N–H and O–H groups in total. The molecule has 1 amide bonds. The fourth-order valence-corrected chi connectivity index (χ4v) is 1.95. The van der Waals surface area contributed by atoms with Gasteiger partial charge in [-0.3, -0.25) is 4.79 Å². The number of rotatable bonds is 6. The molecule has 0 spiro atoms. The Kier molecular flexibility index (Phi) is 5.00. The number of aliphatic hydroxyl groups excluding tert-OH is 1. The maximum Gasteiger partial charge on any atom is 0.255 e. The first-order valence-electron chi connectivity index (χ1n) is 6.86. The van der Waals surface area contributed by atoms with Crippen molar-refractivity contribution < 1.29 is 19.1 Å². The fraction of sp³-hybridized carbons (Fsp3) is 0.312. The van der Waals surface area contributed by atoms with Crippen LogP contribution in [0.2, 0.25) is 0 Å². The van der Waals surface area contributed by atoms with Crippen molar-refractivity contribution in [3.8, 4) is 5.75 Å². The van der Waals surface area contributed by atoms with E-state index in [2.05, 4.69) is 5.32 Å². The average molecular weight is 289 g/mol. The lowest BCUT2D eigenvalue weighted by Crippen LogP contribution is -2.28. The van der Waals surface area contributed by atoms with Crippen molar-refractivity contribution in [1.29, 1.82) is 0 Å². The highest BCUT2D eigenvalue weighted by molar-refractivity contribution is 5.96. The molecule has 0 fully saturated rings. The molecular formula is C16H19NO4. The second-order valence-electron chi connectivity index (χ2n) is 4.60. The summed E-state index contributed by atoms with van der Waals surface area (Å²) in [6, 6.07) is 10.5. The van der Waals surface area contributed by atoms with Crippen molar-refractivity contribution in [1.82, 2.24) is 5.32 Å². The molecule has 21 heavy (non-hydrogen) atoms. The molecule has 0 aliphatic rings. The molecule has 0 aliphatic heterocycles. The van der Waals surface area contributed by atoms with E-state index in [1.807, 2.05) is 13.0 Å². The highest BCUT2D eigenvalue weighted by Crippen LogP contribution is 2.19. The van der Waals surface area contributed by atoms with Crippen LogP contribution in [0, 0.1) is 6.92 Å². The second kappa shape index (κ2) is 6.95. The van der Waals surface area contributed by atoms with Gasteiger partial charge < -0.3 is 19.6 Å². The predicted molar refractivity (Wildman–Crippen MR) is 78.3 cm³/mol. The van der Waals surface area contributed by atoms with E-state index >= 15 is 0 Å². The van der Waals surface area contributed by atoms with Crippen LogP contribution in [0.5, 0.6) is 5.75 Å². The molecular weight excluding hydrogens is 270 g/mol. The third kappa shape index (κ3) is 3.86. The zero-order valence-electron chi connectivity index (χ0n) is 12.1. The van der Waals surface area contributed by atoms with Crippen LogP contribution < -0.4 is 10.1 Å². The minimum absolute atomic E-state index is 0.0756. The van der Waals surface area contributed by atoms with Crippen molar-refractivity contribution in [3.05, 3.63) is 53.5 Å². The van der Waals surface area contributed by atoms with Crippen molar-refractivity contribution >= 4 is 5.91 Å². The van der Waals surface area contributed by atoms with E-state index in [1.54, 1.807) is 37.3 Å². The molecule has 1 atom stereocenters. The highest BCUT2D eigenvalue weighted by Gasteiger charge is 2.16. The lowest BCUT2D eigenvalue weighted by molar-refractivity contribution is 0.0896. The molecule has 5 nitrogen and oxygen atoms in total. The first-order valence-corrected chi connectivity index (χ1v) is 6.86. The van der Waals surface area contributed by atoms with E-state index in [4.69, 9.17) is 9.15 Å². The molecule has 2 rings (SSSR count). The molecule has 0 saturated carbocycles. The van der Waals surface area contributed by atoms with Gasteiger partial charge in [-0.05, 0) is 38.1 Å². The Morgan fingerprint density at radius 2 is 2.10 bits per heavy atom. The Labute approximate surface area is 123 Å². The van der Waals surface area contributed by atoms with Crippen LogP contribution in [-0.4, -0.2) is 24.2 Å². The van der Waals surface area contributed by atoms with Crippen molar-refractivity contribution in [2.75, 3.05) is 13.2 Å². The number of para-hydroxylation sites is 1. The summed E-state index contributed by atoms with van der Waals surface area (Å²) in [6.45, 7) is 4.22. The number of nitrogens with one attached hydrogen (secondary N) is 1. The smallest absolute Gasteiger partial charge is 0.255 e. The molecule has 0 saturated heterocycles. The zero-order chi connectivity index (χ0) is 15.2. The van der Waals surface area contributed by atoms with E-state index < -0.39 is 6.10 Å². The van der Waals surface area contributed by atoms with Crippen LogP contribution in [0.3, 0.4) is 0 Å². The quantitative estimate of drug-likeness (QED) is 0.857. The maximum absolute atomic E-state index is 12.1. The number of hydrogen-bond donors (Lipinski definition) is 2.